The normalized spacial score (nSPS) is 10.7. The quantitative estimate of drug-likeness (QED) is 0.847. The maximum absolute atomic E-state index is 11.8. The maximum atomic E-state index is 11.8. The predicted molar refractivity (Wildman–Crippen MR) is 78.3 cm³/mol. The summed E-state index contributed by atoms with van der Waals surface area (Å²) >= 11 is 0. The summed E-state index contributed by atoms with van der Waals surface area (Å²) in [5.41, 5.74) is 0.292. The van der Waals surface area contributed by atoms with E-state index in [0.29, 0.717) is 35.6 Å². The molecule has 21 heavy (non-hydrogen) atoms. The van der Waals surface area contributed by atoms with Crippen LogP contribution in [0.4, 0.5) is 11.6 Å². The third kappa shape index (κ3) is 4.55. The Hall–Kier alpha value is -2.44. The number of aryl methyl sites for hydroxylation is 1. The van der Waals surface area contributed by atoms with E-state index in [2.05, 4.69) is 39.8 Å². The largest absolute Gasteiger partial charge is 0.360 e. The van der Waals surface area contributed by atoms with E-state index in [0.717, 1.165) is 6.42 Å². The van der Waals surface area contributed by atoms with Crippen molar-refractivity contribution in [1.82, 2.24) is 20.7 Å². The van der Waals surface area contributed by atoms with Gasteiger partial charge in [-0.05, 0) is 31.4 Å². The molecule has 0 fully saturated rings. The van der Waals surface area contributed by atoms with Crippen molar-refractivity contribution in [3.8, 4) is 0 Å². The van der Waals surface area contributed by atoms with E-state index in [4.69, 9.17) is 4.52 Å². The number of carbonyl (C=O) groups is 1. The second-order valence-corrected chi connectivity index (χ2v) is 5.19. The smallest absolute Gasteiger partial charge is 0.271 e. The van der Waals surface area contributed by atoms with Gasteiger partial charge in [0.15, 0.2) is 17.3 Å². The number of rotatable bonds is 6. The van der Waals surface area contributed by atoms with Crippen LogP contribution in [0.25, 0.3) is 0 Å². The number of nitrogens with zero attached hydrogens (tertiary/aromatic N) is 3. The van der Waals surface area contributed by atoms with Gasteiger partial charge in [0.25, 0.3) is 5.91 Å². The summed E-state index contributed by atoms with van der Waals surface area (Å²) < 4.78 is 4.94. The maximum Gasteiger partial charge on any atom is 0.271 e. The Morgan fingerprint density at radius 1 is 1.29 bits per heavy atom. The molecule has 0 atom stereocenters. The van der Waals surface area contributed by atoms with Crippen LogP contribution in [0.3, 0.4) is 0 Å². The average molecular weight is 289 g/mol. The molecule has 1 amide bonds. The first-order chi connectivity index (χ1) is 10.0. The fraction of sp³-hybridized carbons (Fsp3) is 0.429. The first-order valence-electron chi connectivity index (χ1n) is 6.87. The van der Waals surface area contributed by atoms with E-state index in [1.54, 1.807) is 25.1 Å². The molecule has 112 valence electrons. The Morgan fingerprint density at radius 2 is 2.10 bits per heavy atom. The van der Waals surface area contributed by atoms with Gasteiger partial charge in [0.05, 0.1) is 0 Å². The molecule has 0 bridgehead atoms. The van der Waals surface area contributed by atoms with E-state index >= 15 is 0 Å². The first-order valence-corrected chi connectivity index (χ1v) is 6.87. The monoisotopic (exact) mass is 289 g/mol. The number of carbonyl (C=O) groups excluding carboxylic acids is 1. The molecule has 2 aromatic rings. The van der Waals surface area contributed by atoms with Crippen molar-refractivity contribution in [2.45, 2.75) is 27.2 Å². The molecule has 0 unspecified atom stereocenters. The molecule has 0 spiro atoms. The minimum Gasteiger partial charge on any atom is -0.360 e. The number of hydrogen-bond acceptors (Lipinski definition) is 6. The van der Waals surface area contributed by atoms with Gasteiger partial charge in [-0.3, -0.25) is 4.79 Å². The zero-order valence-electron chi connectivity index (χ0n) is 12.4. The molecule has 7 heteroatoms. The van der Waals surface area contributed by atoms with Crippen LogP contribution in [0.15, 0.2) is 22.7 Å². The van der Waals surface area contributed by atoms with Crippen molar-refractivity contribution < 1.29 is 9.32 Å². The SMILES string of the molecule is Cc1cc(Nc2ccc(C(=O)NCCC(C)C)nn2)no1. The molecule has 0 aliphatic rings. The Kier molecular flexibility index (Phi) is 4.86. The minimum atomic E-state index is -0.216. The lowest BCUT2D eigenvalue weighted by Crippen LogP contribution is -2.26. The van der Waals surface area contributed by atoms with Crippen molar-refractivity contribution in [1.29, 1.82) is 0 Å². The minimum absolute atomic E-state index is 0.216. The highest BCUT2D eigenvalue weighted by atomic mass is 16.5. The Balaban J connectivity index is 1.90. The molecular weight excluding hydrogens is 270 g/mol. The second-order valence-electron chi connectivity index (χ2n) is 5.19. The molecule has 0 aliphatic carbocycles. The van der Waals surface area contributed by atoms with Gasteiger partial charge < -0.3 is 15.2 Å². The molecule has 2 heterocycles. The predicted octanol–water partition coefficient (Wildman–Crippen LogP) is 2.29. The number of nitrogens with one attached hydrogen (secondary N) is 2. The summed E-state index contributed by atoms with van der Waals surface area (Å²) in [5, 5.41) is 17.4. The van der Waals surface area contributed by atoms with E-state index in [1.807, 2.05) is 0 Å². The lowest BCUT2D eigenvalue weighted by molar-refractivity contribution is 0.0946. The standard InChI is InChI=1S/C14H19N5O2/c1-9(2)6-7-15-14(20)11-4-5-12(18-17-11)16-13-8-10(3)21-19-13/h4-5,8-9H,6-7H2,1-3H3,(H,15,20)(H,16,18,19). The van der Waals surface area contributed by atoms with Gasteiger partial charge in [-0.25, -0.2) is 0 Å². The Morgan fingerprint density at radius 3 is 2.67 bits per heavy atom. The number of hydrogen-bond donors (Lipinski definition) is 2. The fourth-order valence-electron chi connectivity index (χ4n) is 1.64. The van der Waals surface area contributed by atoms with Gasteiger partial charge in [0.1, 0.15) is 5.76 Å². The highest BCUT2D eigenvalue weighted by molar-refractivity contribution is 5.92. The zero-order chi connectivity index (χ0) is 15.2. The van der Waals surface area contributed by atoms with E-state index in [9.17, 15) is 4.79 Å². The summed E-state index contributed by atoms with van der Waals surface area (Å²) in [7, 11) is 0. The van der Waals surface area contributed by atoms with Crippen LogP contribution in [0.5, 0.6) is 0 Å². The van der Waals surface area contributed by atoms with E-state index in [1.165, 1.54) is 0 Å². The summed E-state index contributed by atoms with van der Waals surface area (Å²) in [6, 6.07) is 5.04. The number of aromatic nitrogens is 3. The van der Waals surface area contributed by atoms with Crippen LogP contribution < -0.4 is 10.6 Å². The van der Waals surface area contributed by atoms with Gasteiger partial charge in [0, 0.05) is 12.6 Å². The lowest BCUT2D eigenvalue weighted by Gasteiger charge is -2.06. The van der Waals surface area contributed by atoms with E-state index in [-0.39, 0.29) is 5.91 Å². The third-order valence-electron chi connectivity index (χ3n) is 2.79. The average Bonchev–Trinajstić information content (AvgIpc) is 2.84. The molecule has 0 aromatic carbocycles. The van der Waals surface area contributed by atoms with Crippen molar-refractivity contribution in [2.24, 2.45) is 5.92 Å². The molecule has 2 N–H and O–H groups in total. The molecule has 2 aromatic heterocycles. The third-order valence-corrected chi connectivity index (χ3v) is 2.79. The molecule has 0 saturated heterocycles. The van der Waals surface area contributed by atoms with Crippen LogP contribution in [0.1, 0.15) is 36.5 Å². The Labute approximate surface area is 123 Å². The molecular formula is C14H19N5O2. The van der Waals surface area contributed by atoms with Crippen molar-refractivity contribution >= 4 is 17.5 Å². The van der Waals surface area contributed by atoms with Crippen molar-refractivity contribution in [3.05, 3.63) is 29.7 Å². The van der Waals surface area contributed by atoms with Crippen molar-refractivity contribution in [2.75, 3.05) is 11.9 Å². The fourth-order valence-corrected chi connectivity index (χ4v) is 1.64. The number of amides is 1. The summed E-state index contributed by atoms with van der Waals surface area (Å²) in [6.45, 7) is 6.65. The van der Waals surface area contributed by atoms with Gasteiger partial charge >= 0.3 is 0 Å². The molecule has 0 aliphatic heterocycles. The van der Waals surface area contributed by atoms with Crippen LogP contribution in [0.2, 0.25) is 0 Å². The summed E-state index contributed by atoms with van der Waals surface area (Å²) in [4.78, 5) is 11.8. The second kappa shape index (κ2) is 6.83. The van der Waals surface area contributed by atoms with Crippen LogP contribution in [-0.4, -0.2) is 27.8 Å². The van der Waals surface area contributed by atoms with Crippen LogP contribution in [-0.2, 0) is 0 Å². The van der Waals surface area contributed by atoms with Gasteiger partial charge in [-0.2, -0.15) is 0 Å². The molecule has 0 radical (unpaired) electrons. The lowest BCUT2D eigenvalue weighted by atomic mass is 10.1. The summed E-state index contributed by atoms with van der Waals surface area (Å²) in [5.74, 6) is 2.09. The number of anilines is 2. The topological polar surface area (TPSA) is 92.9 Å². The molecule has 7 nitrogen and oxygen atoms in total. The zero-order valence-corrected chi connectivity index (χ0v) is 12.4. The van der Waals surface area contributed by atoms with E-state index < -0.39 is 0 Å². The van der Waals surface area contributed by atoms with Gasteiger partial charge in [-0.15, -0.1) is 10.2 Å². The van der Waals surface area contributed by atoms with Crippen LogP contribution >= 0.6 is 0 Å². The highest BCUT2D eigenvalue weighted by Gasteiger charge is 2.08. The molecule has 2 rings (SSSR count). The van der Waals surface area contributed by atoms with Crippen LogP contribution in [0, 0.1) is 12.8 Å². The molecule has 0 saturated carbocycles. The van der Waals surface area contributed by atoms with Gasteiger partial charge in [0.2, 0.25) is 0 Å². The first kappa shape index (κ1) is 15.0. The highest BCUT2D eigenvalue weighted by Crippen LogP contribution is 2.13. The Bertz CT molecular complexity index is 592. The van der Waals surface area contributed by atoms with Gasteiger partial charge in [-0.1, -0.05) is 19.0 Å². The summed E-state index contributed by atoms with van der Waals surface area (Å²) in [6.07, 6.45) is 0.935. The van der Waals surface area contributed by atoms with Crippen molar-refractivity contribution in [3.63, 3.8) is 0 Å².